The van der Waals surface area contributed by atoms with Crippen LogP contribution in [0.3, 0.4) is 0 Å². The lowest BCUT2D eigenvalue weighted by Gasteiger charge is -2.17. The predicted octanol–water partition coefficient (Wildman–Crippen LogP) is 4.10. The van der Waals surface area contributed by atoms with E-state index in [4.69, 9.17) is 12.2 Å². The molecule has 0 unspecified atom stereocenters. The zero-order valence-electron chi connectivity index (χ0n) is 12.4. The number of thiocarbonyl (C=S) groups is 1. The summed E-state index contributed by atoms with van der Waals surface area (Å²) in [5.74, 6) is 6.76. The number of nitrogens with zero attached hydrogens (tertiary/aromatic N) is 1. The molecule has 1 atom stereocenters. The van der Waals surface area contributed by atoms with Crippen molar-refractivity contribution in [2.45, 2.75) is 12.3 Å². The van der Waals surface area contributed by atoms with Crippen molar-refractivity contribution in [2.75, 3.05) is 14.1 Å². The molecule has 2 aromatic carbocycles. The van der Waals surface area contributed by atoms with Crippen LogP contribution in [0.25, 0.3) is 0 Å². The Morgan fingerprint density at radius 2 is 1.57 bits per heavy atom. The molecule has 0 aliphatic heterocycles. The summed E-state index contributed by atoms with van der Waals surface area (Å²) in [6.45, 7) is 0. The van der Waals surface area contributed by atoms with E-state index in [1.54, 1.807) is 0 Å². The lowest BCUT2D eigenvalue weighted by Crippen LogP contribution is -2.21. The van der Waals surface area contributed by atoms with E-state index in [-0.39, 0.29) is 5.92 Å². The normalized spacial score (nSPS) is 11.1. The van der Waals surface area contributed by atoms with E-state index in [9.17, 15) is 0 Å². The summed E-state index contributed by atoms with van der Waals surface area (Å²) in [4.78, 5) is 2.90. The molecule has 0 aromatic heterocycles. The van der Waals surface area contributed by atoms with Crippen LogP contribution in [0.5, 0.6) is 0 Å². The summed E-state index contributed by atoms with van der Waals surface area (Å²) in [5, 5.41) is 0. The molecule has 0 saturated heterocycles. The molecule has 2 heteroatoms. The van der Waals surface area contributed by atoms with Crippen LogP contribution >= 0.6 is 12.2 Å². The Morgan fingerprint density at radius 1 is 1.00 bits per heavy atom. The SMILES string of the molecule is CN(C)C(=S)C[C@H](C#Cc1ccccc1)c1ccccc1. The lowest BCUT2D eigenvalue weighted by atomic mass is 9.95. The maximum atomic E-state index is 5.44. The molecule has 106 valence electrons. The molecule has 2 aromatic rings. The van der Waals surface area contributed by atoms with E-state index in [0.717, 1.165) is 17.0 Å². The van der Waals surface area contributed by atoms with Crippen molar-refractivity contribution in [1.82, 2.24) is 4.90 Å². The molecule has 0 aliphatic carbocycles. The standard InChI is InChI=1S/C19H19NS/c1-20(2)19(21)15-18(17-11-7-4-8-12-17)14-13-16-9-5-3-6-10-16/h3-12,18H,15H2,1-2H3/t18-/m0/s1. The van der Waals surface area contributed by atoms with E-state index in [0.29, 0.717) is 0 Å². The van der Waals surface area contributed by atoms with Crippen LogP contribution in [0.1, 0.15) is 23.5 Å². The average molecular weight is 293 g/mol. The first-order valence-corrected chi connectivity index (χ1v) is 7.39. The molecule has 0 aliphatic rings. The fourth-order valence-electron chi connectivity index (χ4n) is 1.99. The first-order chi connectivity index (χ1) is 10.2. The minimum atomic E-state index is 0.126. The Morgan fingerprint density at radius 3 is 2.14 bits per heavy atom. The fourth-order valence-corrected chi connectivity index (χ4v) is 2.15. The Bertz CT molecular complexity index is 636. The van der Waals surface area contributed by atoms with Crippen molar-refractivity contribution in [1.29, 1.82) is 0 Å². The van der Waals surface area contributed by atoms with Gasteiger partial charge in [0.25, 0.3) is 0 Å². The zero-order valence-corrected chi connectivity index (χ0v) is 13.2. The number of rotatable bonds is 3. The summed E-state index contributed by atoms with van der Waals surface area (Å²) in [6.07, 6.45) is 0.770. The largest absolute Gasteiger partial charge is 0.372 e. The molecule has 0 fully saturated rings. The van der Waals surface area contributed by atoms with Gasteiger partial charge in [-0.2, -0.15) is 0 Å². The second-order valence-electron chi connectivity index (χ2n) is 5.09. The minimum Gasteiger partial charge on any atom is -0.372 e. The zero-order chi connectivity index (χ0) is 15.1. The van der Waals surface area contributed by atoms with Gasteiger partial charge in [-0.1, -0.05) is 72.6 Å². The van der Waals surface area contributed by atoms with Gasteiger partial charge in [0.1, 0.15) is 0 Å². The van der Waals surface area contributed by atoms with E-state index in [2.05, 4.69) is 24.0 Å². The second-order valence-corrected chi connectivity index (χ2v) is 5.56. The average Bonchev–Trinajstić information content (AvgIpc) is 2.53. The molecule has 0 heterocycles. The van der Waals surface area contributed by atoms with Gasteiger partial charge in [-0.25, -0.2) is 0 Å². The summed E-state index contributed by atoms with van der Waals surface area (Å²) in [6, 6.07) is 20.4. The van der Waals surface area contributed by atoms with E-state index in [1.807, 2.05) is 67.5 Å². The first-order valence-electron chi connectivity index (χ1n) is 6.98. The van der Waals surface area contributed by atoms with Gasteiger partial charge < -0.3 is 4.90 Å². The van der Waals surface area contributed by atoms with Gasteiger partial charge in [0.15, 0.2) is 0 Å². The highest BCUT2D eigenvalue weighted by Gasteiger charge is 2.12. The molecule has 1 nitrogen and oxygen atoms in total. The predicted molar refractivity (Wildman–Crippen MR) is 93.4 cm³/mol. The molecule has 0 spiro atoms. The summed E-state index contributed by atoms with van der Waals surface area (Å²) < 4.78 is 0. The topological polar surface area (TPSA) is 3.24 Å². The molecule has 0 N–H and O–H groups in total. The van der Waals surface area contributed by atoms with Crippen LogP contribution in [0.4, 0.5) is 0 Å². The highest BCUT2D eigenvalue weighted by Crippen LogP contribution is 2.20. The fraction of sp³-hybridized carbons (Fsp3) is 0.211. The Kier molecular flexibility index (Phi) is 5.54. The molecule has 0 amide bonds. The van der Waals surface area contributed by atoms with Gasteiger partial charge >= 0.3 is 0 Å². The summed E-state index contributed by atoms with van der Waals surface area (Å²) >= 11 is 5.44. The number of hydrogen-bond donors (Lipinski definition) is 0. The van der Waals surface area contributed by atoms with Gasteiger partial charge in [-0.3, -0.25) is 0 Å². The van der Waals surface area contributed by atoms with Crippen molar-refractivity contribution in [3.8, 4) is 11.8 Å². The maximum Gasteiger partial charge on any atom is 0.0789 e. The molecular weight excluding hydrogens is 274 g/mol. The van der Waals surface area contributed by atoms with Gasteiger partial charge in [0.05, 0.1) is 10.9 Å². The van der Waals surface area contributed by atoms with Gasteiger partial charge in [-0.15, -0.1) is 0 Å². The van der Waals surface area contributed by atoms with Crippen LogP contribution in [-0.4, -0.2) is 24.0 Å². The first kappa shape index (κ1) is 15.3. The quantitative estimate of drug-likeness (QED) is 0.619. The Balaban J connectivity index is 2.25. The van der Waals surface area contributed by atoms with Crippen molar-refractivity contribution in [2.24, 2.45) is 0 Å². The third kappa shape index (κ3) is 4.73. The molecule has 21 heavy (non-hydrogen) atoms. The maximum absolute atomic E-state index is 5.44. The molecule has 0 radical (unpaired) electrons. The molecule has 2 rings (SSSR count). The smallest absolute Gasteiger partial charge is 0.0789 e. The third-order valence-electron chi connectivity index (χ3n) is 3.24. The van der Waals surface area contributed by atoms with Crippen LogP contribution in [0, 0.1) is 11.8 Å². The Hall–Kier alpha value is -2.11. The lowest BCUT2D eigenvalue weighted by molar-refractivity contribution is 0.612. The molecule has 0 bridgehead atoms. The highest BCUT2D eigenvalue weighted by molar-refractivity contribution is 7.80. The Labute approximate surface area is 132 Å². The highest BCUT2D eigenvalue weighted by atomic mass is 32.1. The van der Waals surface area contributed by atoms with Gasteiger partial charge in [0, 0.05) is 26.1 Å². The van der Waals surface area contributed by atoms with E-state index < -0.39 is 0 Å². The van der Waals surface area contributed by atoms with Crippen LogP contribution in [0.2, 0.25) is 0 Å². The monoisotopic (exact) mass is 293 g/mol. The van der Waals surface area contributed by atoms with Crippen molar-refractivity contribution < 1.29 is 0 Å². The van der Waals surface area contributed by atoms with Crippen molar-refractivity contribution >= 4 is 17.2 Å². The van der Waals surface area contributed by atoms with Crippen molar-refractivity contribution in [3.05, 3.63) is 71.8 Å². The van der Waals surface area contributed by atoms with E-state index in [1.165, 1.54) is 5.56 Å². The third-order valence-corrected chi connectivity index (χ3v) is 3.78. The number of hydrogen-bond acceptors (Lipinski definition) is 1. The van der Waals surface area contributed by atoms with Gasteiger partial charge in [-0.05, 0) is 17.7 Å². The van der Waals surface area contributed by atoms with Crippen molar-refractivity contribution in [3.63, 3.8) is 0 Å². The summed E-state index contributed by atoms with van der Waals surface area (Å²) in [5.41, 5.74) is 2.25. The van der Waals surface area contributed by atoms with Gasteiger partial charge in [0.2, 0.25) is 0 Å². The second kappa shape index (κ2) is 7.61. The van der Waals surface area contributed by atoms with Crippen LogP contribution in [-0.2, 0) is 0 Å². The molecular formula is C19H19NS. The minimum absolute atomic E-state index is 0.126. The molecule has 0 saturated carbocycles. The van der Waals surface area contributed by atoms with Crippen LogP contribution in [0.15, 0.2) is 60.7 Å². The van der Waals surface area contributed by atoms with Crippen LogP contribution < -0.4 is 0 Å². The number of benzene rings is 2. The van der Waals surface area contributed by atoms with E-state index >= 15 is 0 Å². The summed E-state index contributed by atoms with van der Waals surface area (Å²) in [7, 11) is 3.96.